The summed E-state index contributed by atoms with van der Waals surface area (Å²) in [7, 11) is 0. The van der Waals surface area contributed by atoms with Gasteiger partial charge in [0.1, 0.15) is 0 Å². The van der Waals surface area contributed by atoms with Crippen LogP contribution < -0.4 is 5.73 Å². The van der Waals surface area contributed by atoms with Crippen LogP contribution in [0, 0.1) is 6.92 Å². The molecule has 1 heterocycles. The summed E-state index contributed by atoms with van der Waals surface area (Å²) in [5, 5.41) is 0.394. The number of hydrogen-bond donors (Lipinski definition) is 0. The van der Waals surface area contributed by atoms with Crippen LogP contribution in [0.2, 0.25) is 0 Å². The minimum Gasteiger partial charge on any atom is -0.274 e. The fraction of sp³-hybridized carbons (Fsp3) is 0.125. The normalized spacial score (nSPS) is 10.6. The molecule has 0 atom stereocenters. The lowest BCUT2D eigenvalue weighted by molar-refractivity contribution is 1.38. The number of hydrogen-bond acceptors (Lipinski definition) is 2. The Morgan fingerprint density at radius 3 is 3.09 bits per heavy atom. The van der Waals surface area contributed by atoms with Crippen LogP contribution in [0.1, 0.15) is 5.56 Å². The van der Waals surface area contributed by atoms with Crippen LogP contribution in [0.25, 0.3) is 10.2 Å². The summed E-state index contributed by atoms with van der Waals surface area (Å²) < 4.78 is 1.11. The van der Waals surface area contributed by atoms with Crippen molar-refractivity contribution < 1.29 is 0 Å². The van der Waals surface area contributed by atoms with Gasteiger partial charge in [-0.1, -0.05) is 17.4 Å². The Kier molecular flexibility index (Phi) is 1.32. The van der Waals surface area contributed by atoms with Gasteiger partial charge in [-0.05, 0) is 24.6 Å². The number of benzene rings is 1. The maximum atomic E-state index is 7.30. The zero-order chi connectivity index (χ0) is 7.84. The van der Waals surface area contributed by atoms with Gasteiger partial charge in [0.2, 0.25) is 5.13 Å². The molecule has 1 aromatic heterocycles. The van der Waals surface area contributed by atoms with E-state index in [4.69, 9.17) is 5.73 Å². The Bertz CT molecular complexity index is 392. The minimum atomic E-state index is 0.394. The molecule has 11 heavy (non-hydrogen) atoms. The number of nitrogens with zero attached hydrogens (tertiary/aromatic N) is 1. The predicted molar refractivity (Wildman–Crippen MR) is 47.1 cm³/mol. The molecule has 1 radical (unpaired) electrons. The standard InChI is InChI=1S/C8H7N2S/c1-5-2-3-6-7(4-5)11-8(9)10-6/h2-4,9H,1H3. The highest BCUT2D eigenvalue weighted by Crippen LogP contribution is 2.24. The number of rotatable bonds is 0. The molecule has 0 fully saturated rings. The van der Waals surface area contributed by atoms with E-state index in [1.165, 1.54) is 16.9 Å². The fourth-order valence-corrected chi connectivity index (χ4v) is 1.85. The maximum Gasteiger partial charge on any atom is 0.202 e. The second-order valence-electron chi connectivity index (χ2n) is 2.49. The Hall–Kier alpha value is -1.09. The third-order valence-corrected chi connectivity index (χ3v) is 2.38. The van der Waals surface area contributed by atoms with Crippen molar-refractivity contribution in [1.82, 2.24) is 10.7 Å². The molecule has 2 rings (SSSR count). The van der Waals surface area contributed by atoms with Crippen molar-refractivity contribution in [3.63, 3.8) is 0 Å². The Morgan fingerprint density at radius 2 is 2.27 bits per heavy atom. The zero-order valence-electron chi connectivity index (χ0n) is 6.09. The molecule has 0 saturated carbocycles. The Labute approximate surface area is 68.7 Å². The van der Waals surface area contributed by atoms with Crippen molar-refractivity contribution in [2.24, 2.45) is 0 Å². The van der Waals surface area contributed by atoms with E-state index in [1.54, 1.807) is 0 Å². The van der Waals surface area contributed by atoms with Gasteiger partial charge in [0, 0.05) is 0 Å². The molecule has 0 spiro atoms. The van der Waals surface area contributed by atoms with E-state index in [-0.39, 0.29) is 0 Å². The SMILES string of the molecule is Cc1ccc2nc([NH])sc2c1. The lowest BCUT2D eigenvalue weighted by atomic mass is 10.2. The summed E-state index contributed by atoms with van der Waals surface area (Å²) in [5.74, 6) is 0. The van der Waals surface area contributed by atoms with E-state index >= 15 is 0 Å². The van der Waals surface area contributed by atoms with Gasteiger partial charge in [0.05, 0.1) is 10.2 Å². The average molecular weight is 163 g/mol. The number of nitrogens with one attached hydrogen (secondary N) is 1. The Balaban J connectivity index is 2.82. The largest absolute Gasteiger partial charge is 0.274 e. The second kappa shape index (κ2) is 2.20. The van der Waals surface area contributed by atoms with Gasteiger partial charge >= 0.3 is 0 Å². The molecular weight excluding hydrogens is 156 g/mol. The van der Waals surface area contributed by atoms with Crippen molar-refractivity contribution in [3.8, 4) is 0 Å². The van der Waals surface area contributed by atoms with Crippen molar-refractivity contribution in [2.75, 3.05) is 0 Å². The summed E-state index contributed by atoms with van der Waals surface area (Å²) in [6.45, 7) is 2.04. The molecule has 1 aromatic carbocycles. The molecule has 0 saturated heterocycles. The summed E-state index contributed by atoms with van der Waals surface area (Å²) in [5.41, 5.74) is 9.46. The highest BCUT2D eigenvalue weighted by Gasteiger charge is 1.99. The van der Waals surface area contributed by atoms with Gasteiger partial charge in [0.25, 0.3) is 0 Å². The van der Waals surface area contributed by atoms with E-state index in [9.17, 15) is 0 Å². The molecular formula is C8H7N2S. The highest BCUT2D eigenvalue weighted by molar-refractivity contribution is 7.21. The molecule has 0 amide bonds. The summed E-state index contributed by atoms with van der Waals surface area (Å²) >= 11 is 1.42. The van der Waals surface area contributed by atoms with E-state index in [0.717, 1.165) is 10.2 Å². The molecule has 0 bridgehead atoms. The first kappa shape index (κ1) is 6.61. The first-order valence-corrected chi connectivity index (χ1v) is 4.16. The predicted octanol–water partition coefficient (Wildman–Crippen LogP) is 2.52. The van der Waals surface area contributed by atoms with Crippen LogP contribution in [0.4, 0.5) is 5.13 Å². The molecule has 3 heteroatoms. The molecule has 0 aliphatic carbocycles. The third kappa shape index (κ3) is 1.07. The summed E-state index contributed by atoms with van der Waals surface area (Å²) in [6.07, 6.45) is 0. The lowest BCUT2D eigenvalue weighted by Gasteiger charge is -1.88. The summed E-state index contributed by atoms with van der Waals surface area (Å²) in [6, 6.07) is 6.03. The van der Waals surface area contributed by atoms with Crippen molar-refractivity contribution >= 4 is 26.7 Å². The number of thiazole rings is 1. The molecule has 2 nitrogen and oxygen atoms in total. The Morgan fingerprint density at radius 1 is 1.45 bits per heavy atom. The summed E-state index contributed by atoms with van der Waals surface area (Å²) in [4.78, 5) is 4.04. The lowest BCUT2D eigenvalue weighted by Crippen LogP contribution is -1.70. The molecule has 1 N–H and O–H groups in total. The number of aryl methyl sites for hydroxylation is 1. The molecule has 2 aromatic rings. The van der Waals surface area contributed by atoms with Crippen molar-refractivity contribution in [1.29, 1.82) is 0 Å². The molecule has 0 aliphatic heterocycles. The van der Waals surface area contributed by atoms with E-state index in [1.807, 2.05) is 19.1 Å². The number of aromatic nitrogens is 1. The quantitative estimate of drug-likeness (QED) is 0.588. The topological polar surface area (TPSA) is 36.7 Å². The van der Waals surface area contributed by atoms with Gasteiger partial charge in [-0.3, -0.25) is 5.73 Å². The van der Waals surface area contributed by atoms with E-state index in [0.29, 0.717) is 5.13 Å². The molecule has 0 aliphatic rings. The third-order valence-electron chi connectivity index (χ3n) is 1.54. The number of fused-ring (bicyclic) bond motifs is 1. The average Bonchev–Trinajstić information content (AvgIpc) is 2.27. The maximum absolute atomic E-state index is 7.30. The second-order valence-corrected chi connectivity index (χ2v) is 3.52. The van der Waals surface area contributed by atoms with Gasteiger partial charge in [0.15, 0.2) is 0 Å². The van der Waals surface area contributed by atoms with Crippen LogP contribution in [-0.4, -0.2) is 4.98 Å². The van der Waals surface area contributed by atoms with Gasteiger partial charge in [-0.15, -0.1) is 0 Å². The van der Waals surface area contributed by atoms with E-state index in [2.05, 4.69) is 11.1 Å². The monoisotopic (exact) mass is 163 g/mol. The van der Waals surface area contributed by atoms with Gasteiger partial charge < -0.3 is 0 Å². The smallest absolute Gasteiger partial charge is 0.202 e. The highest BCUT2D eigenvalue weighted by atomic mass is 32.1. The minimum absolute atomic E-state index is 0.394. The first-order chi connectivity index (χ1) is 5.25. The molecule has 0 unspecified atom stereocenters. The van der Waals surface area contributed by atoms with Gasteiger partial charge in [-0.25, -0.2) is 4.98 Å². The van der Waals surface area contributed by atoms with Crippen LogP contribution in [-0.2, 0) is 0 Å². The van der Waals surface area contributed by atoms with Gasteiger partial charge in [-0.2, -0.15) is 0 Å². The van der Waals surface area contributed by atoms with Crippen LogP contribution in [0.3, 0.4) is 0 Å². The fourth-order valence-electron chi connectivity index (χ4n) is 1.03. The van der Waals surface area contributed by atoms with E-state index < -0.39 is 0 Å². The first-order valence-electron chi connectivity index (χ1n) is 3.34. The van der Waals surface area contributed by atoms with Crippen LogP contribution in [0.15, 0.2) is 18.2 Å². The zero-order valence-corrected chi connectivity index (χ0v) is 6.90. The van der Waals surface area contributed by atoms with Crippen molar-refractivity contribution in [2.45, 2.75) is 6.92 Å². The van der Waals surface area contributed by atoms with Crippen LogP contribution >= 0.6 is 11.3 Å². The molecule has 55 valence electrons. The van der Waals surface area contributed by atoms with Crippen molar-refractivity contribution in [3.05, 3.63) is 23.8 Å². The van der Waals surface area contributed by atoms with Crippen LogP contribution in [0.5, 0.6) is 0 Å².